The van der Waals surface area contributed by atoms with Gasteiger partial charge in [-0.1, -0.05) is 18.2 Å². The van der Waals surface area contributed by atoms with Crippen molar-refractivity contribution >= 4 is 0 Å². The Labute approximate surface area is 152 Å². The molecule has 0 aliphatic carbocycles. The van der Waals surface area contributed by atoms with Gasteiger partial charge in [-0.05, 0) is 18.9 Å². The van der Waals surface area contributed by atoms with Crippen LogP contribution >= 0.6 is 0 Å². The summed E-state index contributed by atoms with van der Waals surface area (Å²) in [6, 6.07) is 6.81. The summed E-state index contributed by atoms with van der Waals surface area (Å²) in [7, 11) is 0. The molecule has 2 aliphatic heterocycles. The number of hydrogen-bond acceptors (Lipinski definition) is 5. The van der Waals surface area contributed by atoms with Crippen LogP contribution in [0.1, 0.15) is 30.1 Å². The van der Waals surface area contributed by atoms with Crippen LogP contribution in [0, 0.1) is 5.82 Å². The van der Waals surface area contributed by atoms with Crippen molar-refractivity contribution < 1.29 is 13.9 Å². The van der Waals surface area contributed by atoms with Gasteiger partial charge in [-0.3, -0.25) is 4.90 Å². The fourth-order valence-electron chi connectivity index (χ4n) is 3.61. The second-order valence-electron chi connectivity index (χ2n) is 6.92. The second kappa shape index (κ2) is 8.24. The lowest BCUT2D eigenvalue weighted by molar-refractivity contribution is -0.00558. The Morgan fingerprint density at radius 3 is 2.81 bits per heavy atom. The first kappa shape index (κ1) is 17.6. The minimum atomic E-state index is -0.193. The number of nitrogens with zero attached hydrogens (tertiary/aromatic N) is 4. The van der Waals surface area contributed by atoms with Crippen LogP contribution in [0.4, 0.5) is 4.39 Å². The summed E-state index contributed by atoms with van der Waals surface area (Å²) in [6.45, 7) is 5.36. The monoisotopic (exact) mass is 360 g/mol. The third kappa shape index (κ3) is 4.11. The van der Waals surface area contributed by atoms with Crippen LogP contribution in [-0.2, 0) is 35.6 Å². The molecule has 6 nitrogen and oxygen atoms in total. The maximum Gasteiger partial charge on any atom is 0.147 e. The van der Waals surface area contributed by atoms with Gasteiger partial charge in [0.05, 0.1) is 32.5 Å². The predicted molar refractivity (Wildman–Crippen MR) is 94.0 cm³/mol. The number of hydrogen-bond donors (Lipinski definition) is 0. The Morgan fingerprint density at radius 1 is 1.12 bits per heavy atom. The predicted octanol–water partition coefficient (Wildman–Crippen LogP) is 2.17. The molecule has 0 unspecified atom stereocenters. The molecule has 1 saturated heterocycles. The van der Waals surface area contributed by atoms with Gasteiger partial charge in [0.25, 0.3) is 0 Å². The van der Waals surface area contributed by atoms with Gasteiger partial charge in [-0.15, -0.1) is 10.2 Å². The Bertz CT molecular complexity index is 728. The van der Waals surface area contributed by atoms with Gasteiger partial charge >= 0.3 is 0 Å². The van der Waals surface area contributed by atoms with E-state index in [9.17, 15) is 4.39 Å². The molecular weight excluding hydrogens is 335 g/mol. The van der Waals surface area contributed by atoms with E-state index in [1.165, 1.54) is 6.07 Å². The lowest BCUT2D eigenvalue weighted by Crippen LogP contribution is -2.37. The van der Waals surface area contributed by atoms with Gasteiger partial charge in [0.1, 0.15) is 17.5 Å². The van der Waals surface area contributed by atoms with Gasteiger partial charge < -0.3 is 14.0 Å². The summed E-state index contributed by atoms with van der Waals surface area (Å²) in [4.78, 5) is 2.39. The van der Waals surface area contributed by atoms with E-state index in [1.54, 1.807) is 12.1 Å². The standard InChI is InChI=1S/C19H25FN4O2/c20-17-4-2-1-3-15(17)14-26-16-5-8-23(9-6-16)13-19-22-21-18-7-11-25-12-10-24(18)19/h1-4,16H,5-14H2. The molecule has 0 radical (unpaired) electrons. The quantitative estimate of drug-likeness (QED) is 0.818. The number of rotatable bonds is 5. The zero-order chi connectivity index (χ0) is 17.8. The molecule has 0 atom stereocenters. The summed E-state index contributed by atoms with van der Waals surface area (Å²) in [5.41, 5.74) is 0.628. The second-order valence-corrected chi connectivity index (χ2v) is 6.92. The van der Waals surface area contributed by atoms with E-state index < -0.39 is 0 Å². The van der Waals surface area contributed by atoms with Crippen LogP contribution in [0.25, 0.3) is 0 Å². The topological polar surface area (TPSA) is 52.4 Å². The first-order valence-corrected chi connectivity index (χ1v) is 9.35. The Balaban J connectivity index is 1.26. The number of aromatic nitrogens is 3. The summed E-state index contributed by atoms with van der Waals surface area (Å²) < 4.78 is 27.3. The van der Waals surface area contributed by atoms with Crippen molar-refractivity contribution in [3.63, 3.8) is 0 Å². The van der Waals surface area contributed by atoms with Gasteiger partial charge in [0.15, 0.2) is 0 Å². The number of ether oxygens (including phenoxy) is 2. The van der Waals surface area contributed by atoms with Crippen LogP contribution < -0.4 is 0 Å². The first-order valence-electron chi connectivity index (χ1n) is 9.35. The van der Waals surface area contributed by atoms with E-state index in [1.807, 2.05) is 6.07 Å². The van der Waals surface area contributed by atoms with Crippen molar-refractivity contribution in [1.82, 2.24) is 19.7 Å². The average molecular weight is 360 g/mol. The molecule has 0 spiro atoms. The number of benzene rings is 1. The lowest BCUT2D eigenvalue weighted by atomic mass is 10.1. The van der Waals surface area contributed by atoms with Crippen molar-refractivity contribution in [3.05, 3.63) is 47.3 Å². The molecule has 1 aromatic carbocycles. The molecule has 0 saturated carbocycles. The molecule has 4 rings (SSSR count). The van der Waals surface area contributed by atoms with Crippen LogP contribution in [-0.4, -0.2) is 52.1 Å². The molecule has 1 aromatic heterocycles. The first-order chi connectivity index (χ1) is 12.8. The maximum atomic E-state index is 13.7. The zero-order valence-corrected chi connectivity index (χ0v) is 14.9. The Kier molecular flexibility index (Phi) is 5.57. The fourth-order valence-corrected chi connectivity index (χ4v) is 3.61. The van der Waals surface area contributed by atoms with E-state index in [0.29, 0.717) is 12.2 Å². The third-order valence-electron chi connectivity index (χ3n) is 5.17. The van der Waals surface area contributed by atoms with E-state index in [4.69, 9.17) is 9.47 Å². The van der Waals surface area contributed by atoms with Crippen LogP contribution in [0.2, 0.25) is 0 Å². The molecule has 0 N–H and O–H groups in total. The number of piperidine rings is 1. The van der Waals surface area contributed by atoms with E-state index >= 15 is 0 Å². The van der Waals surface area contributed by atoms with Crippen molar-refractivity contribution in [2.75, 3.05) is 26.3 Å². The minimum Gasteiger partial charge on any atom is -0.379 e. The van der Waals surface area contributed by atoms with Gasteiger partial charge in [0, 0.05) is 31.6 Å². The van der Waals surface area contributed by atoms with E-state index in [0.717, 1.165) is 70.3 Å². The summed E-state index contributed by atoms with van der Waals surface area (Å²) in [5, 5.41) is 8.70. The molecular formula is C19H25FN4O2. The van der Waals surface area contributed by atoms with Crippen LogP contribution in [0.5, 0.6) is 0 Å². The number of fused-ring (bicyclic) bond motifs is 1. The fraction of sp³-hybridized carbons (Fsp3) is 0.579. The van der Waals surface area contributed by atoms with Gasteiger partial charge in [-0.25, -0.2) is 4.39 Å². The van der Waals surface area contributed by atoms with Crippen LogP contribution in [0.3, 0.4) is 0 Å². The molecule has 2 aliphatic rings. The lowest BCUT2D eigenvalue weighted by Gasteiger charge is -2.31. The molecule has 1 fully saturated rings. The van der Waals surface area contributed by atoms with E-state index in [2.05, 4.69) is 19.7 Å². The highest BCUT2D eigenvalue weighted by molar-refractivity contribution is 5.16. The Hall–Kier alpha value is -1.83. The number of likely N-dealkylation sites (tertiary alicyclic amines) is 1. The van der Waals surface area contributed by atoms with Crippen molar-refractivity contribution in [2.45, 2.75) is 45.1 Å². The summed E-state index contributed by atoms with van der Waals surface area (Å²) >= 11 is 0. The Morgan fingerprint density at radius 2 is 1.96 bits per heavy atom. The van der Waals surface area contributed by atoms with Gasteiger partial charge in [-0.2, -0.15) is 0 Å². The maximum absolute atomic E-state index is 13.7. The molecule has 3 heterocycles. The molecule has 26 heavy (non-hydrogen) atoms. The molecule has 0 amide bonds. The largest absolute Gasteiger partial charge is 0.379 e. The smallest absolute Gasteiger partial charge is 0.147 e. The van der Waals surface area contributed by atoms with Crippen molar-refractivity contribution in [2.24, 2.45) is 0 Å². The molecule has 7 heteroatoms. The number of halogens is 1. The van der Waals surface area contributed by atoms with E-state index in [-0.39, 0.29) is 11.9 Å². The minimum absolute atomic E-state index is 0.190. The highest BCUT2D eigenvalue weighted by Gasteiger charge is 2.23. The highest BCUT2D eigenvalue weighted by atomic mass is 19.1. The average Bonchev–Trinajstić information content (AvgIpc) is 2.89. The normalized spacial score (nSPS) is 19.3. The summed E-state index contributed by atoms with van der Waals surface area (Å²) in [5.74, 6) is 1.86. The molecule has 140 valence electrons. The van der Waals surface area contributed by atoms with Crippen molar-refractivity contribution in [1.29, 1.82) is 0 Å². The van der Waals surface area contributed by atoms with Gasteiger partial charge in [0.2, 0.25) is 0 Å². The third-order valence-corrected chi connectivity index (χ3v) is 5.17. The molecule has 0 bridgehead atoms. The van der Waals surface area contributed by atoms with Crippen LogP contribution in [0.15, 0.2) is 24.3 Å². The van der Waals surface area contributed by atoms with Crippen molar-refractivity contribution in [3.8, 4) is 0 Å². The molecule has 2 aromatic rings. The SMILES string of the molecule is Fc1ccccc1COC1CCN(Cc2nnc3n2CCOCC3)CC1. The highest BCUT2D eigenvalue weighted by Crippen LogP contribution is 2.19. The summed E-state index contributed by atoms with van der Waals surface area (Å²) in [6.07, 6.45) is 2.94. The zero-order valence-electron chi connectivity index (χ0n) is 14.9.